The Morgan fingerprint density at radius 3 is 2.55 bits per heavy atom. The van der Waals surface area contributed by atoms with Gasteiger partial charge in [-0.3, -0.25) is 0 Å². The van der Waals surface area contributed by atoms with Gasteiger partial charge < -0.3 is 10.1 Å². The fourth-order valence-corrected chi connectivity index (χ4v) is 2.73. The molecule has 0 aliphatic heterocycles. The average molecular weight is 338 g/mol. The summed E-state index contributed by atoms with van der Waals surface area (Å²) in [6, 6.07) is 12.7. The Balaban J connectivity index is 2.53. The smallest absolute Gasteiger partial charge is 0.137 e. The van der Waals surface area contributed by atoms with Crippen molar-refractivity contribution >= 4 is 15.9 Å². The molecule has 1 atom stereocenters. The normalized spacial score (nSPS) is 12.2. The van der Waals surface area contributed by atoms with Crippen LogP contribution in [0.2, 0.25) is 0 Å². The van der Waals surface area contributed by atoms with Gasteiger partial charge in [0, 0.05) is 5.56 Å². The molecule has 0 fully saturated rings. The summed E-state index contributed by atoms with van der Waals surface area (Å²) in [5.74, 6) is 0.523. The lowest BCUT2D eigenvalue weighted by atomic mass is 9.97. The van der Waals surface area contributed by atoms with Gasteiger partial charge in [0.05, 0.1) is 17.6 Å². The van der Waals surface area contributed by atoms with Gasteiger partial charge in [0.25, 0.3) is 0 Å². The lowest BCUT2D eigenvalue weighted by Crippen LogP contribution is -2.23. The van der Waals surface area contributed by atoms with Crippen LogP contribution in [0.15, 0.2) is 46.9 Å². The number of benzene rings is 2. The van der Waals surface area contributed by atoms with E-state index in [1.807, 2.05) is 37.3 Å². The second-order valence-corrected chi connectivity index (χ2v) is 5.17. The molecule has 0 bridgehead atoms. The Labute approximate surface area is 127 Å². The van der Waals surface area contributed by atoms with Gasteiger partial charge in [0.1, 0.15) is 11.6 Å². The number of rotatable bonds is 5. The van der Waals surface area contributed by atoms with E-state index < -0.39 is 0 Å². The predicted octanol–water partition coefficient (Wildman–Crippen LogP) is 4.30. The van der Waals surface area contributed by atoms with Crippen LogP contribution in [0.4, 0.5) is 4.39 Å². The van der Waals surface area contributed by atoms with Crippen molar-refractivity contribution in [2.75, 3.05) is 13.7 Å². The van der Waals surface area contributed by atoms with Gasteiger partial charge in [0.15, 0.2) is 0 Å². The van der Waals surface area contributed by atoms with Crippen molar-refractivity contribution in [2.24, 2.45) is 0 Å². The highest BCUT2D eigenvalue weighted by Gasteiger charge is 2.20. The van der Waals surface area contributed by atoms with Crippen LogP contribution in [0.3, 0.4) is 0 Å². The van der Waals surface area contributed by atoms with Crippen LogP contribution in [0, 0.1) is 5.82 Å². The van der Waals surface area contributed by atoms with E-state index in [-0.39, 0.29) is 11.9 Å². The van der Waals surface area contributed by atoms with Crippen LogP contribution in [-0.4, -0.2) is 13.7 Å². The zero-order chi connectivity index (χ0) is 14.5. The Hall–Kier alpha value is -1.39. The Morgan fingerprint density at radius 1 is 1.15 bits per heavy atom. The fourth-order valence-electron chi connectivity index (χ4n) is 2.24. The number of para-hydroxylation sites is 1. The van der Waals surface area contributed by atoms with Crippen LogP contribution in [0.5, 0.6) is 5.75 Å². The number of hydrogen-bond acceptors (Lipinski definition) is 2. The summed E-state index contributed by atoms with van der Waals surface area (Å²) in [7, 11) is 1.64. The fraction of sp³-hybridized carbons (Fsp3) is 0.250. The summed E-state index contributed by atoms with van der Waals surface area (Å²) in [5.41, 5.74) is 1.85. The second-order valence-electron chi connectivity index (χ2n) is 4.38. The molecule has 1 unspecified atom stereocenters. The van der Waals surface area contributed by atoms with Crippen molar-refractivity contribution in [1.29, 1.82) is 0 Å². The first-order valence-electron chi connectivity index (χ1n) is 6.49. The summed E-state index contributed by atoms with van der Waals surface area (Å²) in [4.78, 5) is 0. The minimum Gasteiger partial charge on any atom is -0.496 e. The van der Waals surface area contributed by atoms with Crippen LogP contribution in [-0.2, 0) is 0 Å². The molecule has 2 nitrogen and oxygen atoms in total. The van der Waals surface area contributed by atoms with E-state index in [0.717, 1.165) is 23.4 Å². The van der Waals surface area contributed by atoms with E-state index in [4.69, 9.17) is 4.74 Å². The van der Waals surface area contributed by atoms with Crippen molar-refractivity contribution in [3.8, 4) is 5.75 Å². The van der Waals surface area contributed by atoms with Gasteiger partial charge in [-0.25, -0.2) is 4.39 Å². The highest BCUT2D eigenvalue weighted by molar-refractivity contribution is 9.10. The van der Waals surface area contributed by atoms with Crippen LogP contribution >= 0.6 is 15.9 Å². The summed E-state index contributed by atoms with van der Waals surface area (Å²) in [6.45, 7) is 2.79. The van der Waals surface area contributed by atoms with Gasteiger partial charge in [-0.1, -0.05) is 37.3 Å². The van der Waals surface area contributed by atoms with Crippen LogP contribution < -0.4 is 10.1 Å². The number of halogens is 2. The van der Waals surface area contributed by atoms with E-state index in [1.54, 1.807) is 13.2 Å². The zero-order valence-electron chi connectivity index (χ0n) is 11.5. The first-order valence-corrected chi connectivity index (χ1v) is 7.28. The first kappa shape index (κ1) is 15.0. The number of ether oxygens (including phenoxy) is 1. The maximum absolute atomic E-state index is 13.8. The average Bonchev–Trinajstić information content (AvgIpc) is 2.48. The molecule has 0 aromatic heterocycles. The molecule has 0 saturated carbocycles. The second kappa shape index (κ2) is 6.86. The molecule has 0 heterocycles. The van der Waals surface area contributed by atoms with E-state index in [1.165, 1.54) is 6.07 Å². The van der Waals surface area contributed by atoms with Gasteiger partial charge in [0.2, 0.25) is 0 Å². The van der Waals surface area contributed by atoms with Crippen molar-refractivity contribution in [3.05, 3.63) is 63.9 Å². The molecule has 0 saturated heterocycles. The highest BCUT2D eigenvalue weighted by atomic mass is 79.9. The number of nitrogens with one attached hydrogen (secondary N) is 1. The topological polar surface area (TPSA) is 21.3 Å². The largest absolute Gasteiger partial charge is 0.496 e. The standard InChI is InChI=1S/C16H17BrFNO/c1-3-19-16(11-7-4-5-10-14(11)20-2)12-8-6-9-13(18)15(12)17/h4-10,16,19H,3H2,1-2H3. The zero-order valence-corrected chi connectivity index (χ0v) is 13.1. The quantitative estimate of drug-likeness (QED) is 0.878. The molecule has 106 valence electrons. The summed E-state index contributed by atoms with van der Waals surface area (Å²) < 4.78 is 19.7. The summed E-state index contributed by atoms with van der Waals surface area (Å²) in [5, 5.41) is 3.38. The van der Waals surface area contributed by atoms with Gasteiger partial charge in [-0.05, 0) is 40.2 Å². The van der Waals surface area contributed by atoms with E-state index in [0.29, 0.717) is 4.47 Å². The first-order chi connectivity index (χ1) is 9.69. The maximum Gasteiger partial charge on any atom is 0.137 e. The Morgan fingerprint density at radius 2 is 1.85 bits per heavy atom. The van der Waals surface area contributed by atoms with Crippen LogP contribution in [0.1, 0.15) is 24.1 Å². The number of hydrogen-bond donors (Lipinski definition) is 1. The SMILES string of the molecule is CCNC(c1ccccc1OC)c1cccc(F)c1Br. The molecule has 2 aromatic rings. The highest BCUT2D eigenvalue weighted by Crippen LogP contribution is 2.34. The molecule has 4 heteroatoms. The molecule has 0 radical (unpaired) electrons. The van der Waals surface area contributed by atoms with Gasteiger partial charge in [-0.15, -0.1) is 0 Å². The maximum atomic E-state index is 13.8. The van der Waals surface area contributed by atoms with E-state index >= 15 is 0 Å². The monoisotopic (exact) mass is 337 g/mol. The third kappa shape index (κ3) is 3.02. The molecule has 2 rings (SSSR count). The summed E-state index contributed by atoms with van der Waals surface area (Å²) >= 11 is 3.34. The lowest BCUT2D eigenvalue weighted by Gasteiger charge is -2.22. The van der Waals surface area contributed by atoms with Gasteiger partial charge in [-0.2, -0.15) is 0 Å². The number of methoxy groups -OCH3 is 1. The lowest BCUT2D eigenvalue weighted by molar-refractivity contribution is 0.404. The van der Waals surface area contributed by atoms with Gasteiger partial charge >= 0.3 is 0 Å². The van der Waals surface area contributed by atoms with Crippen LogP contribution in [0.25, 0.3) is 0 Å². The predicted molar refractivity (Wildman–Crippen MR) is 82.6 cm³/mol. The molecule has 1 N–H and O–H groups in total. The molecule has 0 aliphatic rings. The minimum atomic E-state index is -0.264. The van der Waals surface area contributed by atoms with Crippen molar-refractivity contribution in [3.63, 3.8) is 0 Å². The summed E-state index contributed by atoms with van der Waals surface area (Å²) in [6.07, 6.45) is 0. The molecule has 0 aliphatic carbocycles. The Bertz CT molecular complexity index is 588. The minimum absolute atomic E-state index is 0.124. The van der Waals surface area contributed by atoms with E-state index in [2.05, 4.69) is 21.2 Å². The molecule has 0 amide bonds. The molecule has 2 aromatic carbocycles. The third-order valence-corrected chi connectivity index (χ3v) is 3.99. The third-order valence-electron chi connectivity index (χ3n) is 3.15. The van der Waals surface area contributed by atoms with Crippen molar-refractivity contribution < 1.29 is 9.13 Å². The van der Waals surface area contributed by atoms with Crippen molar-refractivity contribution in [2.45, 2.75) is 13.0 Å². The van der Waals surface area contributed by atoms with E-state index in [9.17, 15) is 4.39 Å². The molecule has 0 spiro atoms. The molecular weight excluding hydrogens is 321 g/mol. The molecule has 20 heavy (non-hydrogen) atoms. The van der Waals surface area contributed by atoms with Crippen molar-refractivity contribution in [1.82, 2.24) is 5.32 Å². The Kier molecular flexibility index (Phi) is 5.15. The molecular formula is C16H17BrFNO.